The molecule has 0 amide bonds. The van der Waals surface area contributed by atoms with E-state index in [-0.39, 0.29) is 5.54 Å². The molecule has 1 heterocycles. The van der Waals surface area contributed by atoms with E-state index in [2.05, 4.69) is 25.8 Å². The lowest BCUT2D eigenvalue weighted by Crippen LogP contribution is -2.41. The number of nitrogens with zero attached hydrogens (tertiary/aromatic N) is 2. The zero-order chi connectivity index (χ0) is 14.1. The summed E-state index contributed by atoms with van der Waals surface area (Å²) >= 11 is 0. The summed E-state index contributed by atoms with van der Waals surface area (Å²) in [5.41, 5.74) is 2.34. The Morgan fingerprint density at radius 2 is 2.00 bits per heavy atom. The molecule has 0 aliphatic rings. The number of hydrogen-bond donors (Lipinski definition) is 1. The Labute approximate surface area is 109 Å². The van der Waals surface area contributed by atoms with Crippen molar-refractivity contribution in [3.05, 3.63) is 23.0 Å². The average molecular weight is 250 g/mol. The maximum absolute atomic E-state index is 11.4. The summed E-state index contributed by atoms with van der Waals surface area (Å²) in [5, 5.41) is 9.36. The summed E-state index contributed by atoms with van der Waals surface area (Å²) in [5.74, 6) is -0.922. The molecule has 0 fully saturated rings. The molecule has 100 valence electrons. The number of hydrogen-bond acceptors (Lipinski definition) is 3. The molecule has 0 saturated carbocycles. The minimum atomic E-state index is -0.922. The highest BCUT2D eigenvalue weighted by Gasteiger charge is 2.26. The van der Waals surface area contributed by atoms with Gasteiger partial charge in [0.1, 0.15) is 5.56 Å². The van der Waals surface area contributed by atoms with Gasteiger partial charge in [-0.2, -0.15) is 0 Å². The monoisotopic (exact) mass is 250 g/mol. The Hall–Kier alpha value is -1.58. The van der Waals surface area contributed by atoms with Gasteiger partial charge in [0.15, 0.2) is 0 Å². The van der Waals surface area contributed by atoms with Gasteiger partial charge in [0.05, 0.1) is 11.4 Å². The van der Waals surface area contributed by atoms with Gasteiger partial charge in [0.25, 0.3) is 0 Å². The Bertz CT molecular complexity index is 467. The smallest absolute Gasteiger partial charge is 0.339 e. The van der Waals surface area contributed by atoms with Crippen molar-refractivity contribution >= 4 is 11.7 Å². The van der Waals surface area contributed by atoms with Gasteiger partial charge in [-0.1, -0.05) is 6.92 Å². The maximum atomic E-state index is 11.4. The van der Waals surface area contributed by atoms with Crippen LogP contribution in [0, 0.1) is 13.8 Å². The first kappa shape index (κ1) is 14.5. The summed E-state index contributed by atoms with van der Waals surface area (Å²) in [6, 6.07) is 1.84. The number of pyridine rings is 1. The predicted molar refractivity (Wildman–Crippen MR) is 73.4 cm³/mol. The van der Waals surface area contributed by atoms with Crippen molar-refractivity contribution in [1.82, 2.24) is 4.98 Å². The largest absolute Gasteiger partial charge is 0.478 e. The summed E-state index contributed by atoms with van der Waals surface area (Å²) in [6.07, 6.45) is 0.934. The Balaban J connectivity index is 3.44. The fourth-order valence-corrected chi connectivity index (χ4v) is 1.90. The van der Waals surface area contributed by atoms with Crippen LogP contribution in [0.5, 0.6) is 0 Å². The third-order valence-electron chi connectivity index (χ3n) is 3.66. The van der Waals surface area contributed by atoms with Crippen LogP contribution < -0.4 is 4.90 Å². The third kappa shape index (κ3) is 2.63. The van der Waals surface area contributed by atoms with Gasteiger partial charge in [-0.25, -0.2) is 4.79 Å². The molecule has 0 bridgehead atoms. The number of aromatic carboxylic acids is 1. The number of anilines is 1. The zero-order valence-corrected chi connectivity index (χ0v) is 12.0. The summed E-state index contributed by atoms with van der Waals surface area (Å²) in [4.78, 5) is 17.7. The second-order valence-electron chi connectivity index (χ2n) is 5.27. The molecule has 0 radical (unpaired) electrons. The molecule has 1 rings (SSSR count). The maximum Gasteiger partial charge on any atom is 0.339 e. The van der Waals surface area contributed by atoms with Crippen LogP contribution in [0.4, 0.5) is 5.69 Å². The van der Waals surface area contributed by atoms with Gasteiger partial charge in [-0.3, -0.25) is 4.98 Å². The summed E-state index contributed by atoms with van der Waals surface area (Å²) in [6.45, 7) is 9.92. The first-order chi connectivity index (χ1) is 8.20. The van der Waals surface area contributed by atoms with E-state index in [0.29, 0.717) is 11.3 Å². The van der Waals surface area contributed by atoms with Crippen molar-refractivity contribution < 1.29 is 9.90 Å². The molecule has 1 aromatic rings. The molecule has 0 unspecified atom stereocenters. The minimum Gasteiger partial charge on any atom is -0.478 e. The lowest BCUT2D eigenvalue weighted by molar-refractivity contribution is 0.0696. The highest BCUT2D eigenvalue weighted by atomic mass is 16.4. The Morgan fingerprint density at radius 3 is 2.44 bits per heavy atom. The lowest BCUT2D eigenvalue weighted by Gasteiger charge is -2.37. The molecular formula is C14H22N2O2. The van der Waals surface area contributed by atoms with Crippen LogP contribution in [0.1, 0.15) is 48.9 Å². The van der Waals surface area contributed by atoms with E-state index in [4.69, 9.17) is 0 Å². The molecule has 4 nitrogen and oxygen atoms in total. The van der Waals surface area contributed by atoms with Crippen LogP contribution in [0.3, 0.4) is 0 Å². The van der Waals surface area contributed by atoms with E-state index in [1.54, 1.807) is 6.92 Å². The third-order valence-corrected chi connectivity index (χ3v) is 3.66. The van der Waals surface area contributed by atoms with Crippen LogP contribution in [0.25, 0.3) is 0 Å². The van der Waals surface area contributed by atoms with Crippen LogP contribution in [0.15, 0.2) is 6.07 Å². The normalized spacial score (nSPS) is 11.4. The second kappa shape index (κ2) is 4.96. The highest BCUT2D eigenvalue weighted by Crippen LogP contribution is 2.30. The highest BCUT2D eigenvalue weighted by molar-refractivity contribution is 5.95. The van der Waals surface area contributed by atoms with E-state index in [9.17, 15) is 9.90 Å². The predicted octanol–water partition coefficient (Wildman–Crippen LogP) is 3.02. The summed E-state index contributed by atoms with van der Waals surface area (Å²) in [7, 11) is 1.93. The van der Waals surface area contributed by atoms with Gasteiger partial charge in [-0.15, -0.1) is 0 Å². The Morgan fingerprint density at radius 1 is 1.44 bits per heavy atom. The zero-order valence-electron chi connectivity index (χ0n) is 12.0. The topological polar surface area (TPSA) is 53.4 Å². The summed E-state index contributed by atoms with van der Waals surface area (Å²) < 4.78 is 0. The van der Waals surface area contributed by atoms with Crippen LogP contribution >= 0.6 is 0 Å². The molecule has 18 heavy (non-hydrogen) atoms. The standard InChI is InChI=1S/C14H22N2O2/c1-7-14(4,5)16(6)11-8-9(2)15-10(3)12(11)13(17)18/h8H,7H2,1-6H3,(H,17,18). The van der Waals surface area contributed by atoms with Gasteiger partial charge in [0.2, 0.25) is 0 Å². The van der Waals surface area contributed by atoms with Crippen molar-refractivity contribution in [3.8, 4) is 0 Å². The van der Waals surface area contributed by atoms with E-state index in [0.717, 1.165) is 17.8 Å². The fraction of sp³-hybridized carbons (Fsp3) is 0.571. The van der Waals surface area contributed by atoms with Crippen LogP contribution in [-0.2, 0) is 0 Å². The molecule has 0 aromatic carbocycles. The van der Waals surface area contributed by atoms with Crippen molar-refractivity contribution in [1.29, 1.82) is 0 Å². The average Bonchev–Trinajstić information content (AvgIpc) is 2.26. The molecule has 0 aliphatic carbocycles. The molecular weight excluding hydrogens is 228 g/mol. The number of carboxylic acids is 1. The quantitative estimate of drug-likeness (QED) is 0.892. The van der Waals surface area contributed by atoms with Crippen molar-refractivity contribution in [2.24, 2.45) is 0 Å². The molecule has 0 aliphatic heterocycles. The fourth-order valence-electron chi connectivity index (χ4n) is 1.90. The van der Waals surface area contributed by atoms with Gasteiger partial charge >= 0.3 is 5.97 Å². The van der Waals surface area contributed by atoms with Gasteiger partial charge in [0, 0.05) is 18.3 Å². The molecule has 0 spiro atoms. The molecule has 4 heteroatoms. The van der Waals surface area contributed by atoms with Crippen molar-refractivity contribution in [2.75, 3.05) is 11.9 Å². The van der Waals surface area contributed by atoms with E-state index in [1.807, 2.05) is 24.9 Å². The van der Waals surface area contributed by atoms with Crippen LogP contribution in [-0.4, -0.2) is 28.6 Å². The number of aromatic nitrogens is 1. The number of rotatable bonds is 4. The van der Waals surface area contributed by atoms with Gasteiger partial charge < -0.3 is 10.0 Å². The SMILES string of the molecule is CCC(C)(C)N(C)c1cc(C)nc(C)c1C(=O)O. The van der Waals surface area contributed by atoms with Crippen molar-refractivity contribution in [3.63, 3.8) is 0 Å². The lowest BCUT2D eigenvalue weighted by atomic mass is 9.97. The second-order valence-corrected chi connectivity index (χ2v) is 5.27. The number of carboxylic acid groups (broad SMARTS) is 1. The molecule has 0 atom stereocenters. The van der Waals surface area contributed by atoms with Gasteiger partial charge in [-0.05, 0) is 40.2 Å². The first-order valence-electron chi connectivity index (χ1n) is 6.16. The molecule has 1 N–H and O–H groups in total. The van der Waals surface area contributed by atoms with E-state index in [1.165, 1.54) is 0 Å². The van der Waals surface area contributed by atoms with Crippen molar-refractivity contribution in [2.45, 2.75) is 46.6 Å². The first-order valence-corrected chi connectivity index (χ1v) is 6.16. The molecule has 1 aromatic heterocycles. The number of aryl methyl sites for hydroxylation is 2. The Kier molecular flexibility index (Phi) is 3.99. The van der Waals surface area contributed by atoms with E-state index < -0.39 is 5.97 Å². The minimum absolute atomic E-state index is 0.0928. The molecule has 0 saturated heterocycles. The van der Waals surface area contributed by atoms with Crippen LogP contribution in [0.2, 0.25) is 0 Å². The van der Waals surface area contributed by atoms with E-state index >= 15 is 0 Å². The number of carbonyl (C=O) groups is 1.